The van der Waals surface area contributed by atoms with E-state index in [0.29, 0.717) is 18.2 Å². The van der Waals surface area contributed by atoms with Gasteiger partial charge in [-0.25, -0.2) is 9.97 Å². The van der Waals surface area contributed by atoms with Gasteiger partial charge in [0.25, 0.3) is 0 Å². The Balaban J connectivity index is 2.38. The highest BCUT2D eigenvalue weighted by Gasteiger charge is 2.01. The average Bonchev–Trinajstić information content (AvgIpc) is 2.17. The smallest absolute Gasteiger partial charge is 0.325 e. The van der Waals surface area contributed by atoms with Crippen LogP contribution < -0.4 is 11.1 Å². The summed E-state index contributed by atoms with van der Waals surface area (Å²) in [4.78, 5) is 18.6. The van der Waals surface area contributed by atoms with Gasteiger partial charge in [-0.2, -0.15) is 0 Å². The maximum Gasteiger partial charge on any atom is 0.325 e. The Bertz CT molecular complexity index is 299. The highest BCUT2D eigenvalue weighted by molar-refractivity contribution is 5.74. The van der Waals surface area contributed by atoms with Gasteiger partial charge >= 0.3 is 5.97 Å². The van der Waals surface area contributed by atoms with Crippen LogP contribution in [0.5, 0.6) is 0 Å². The van der Waals surface area contributed by atoms with Crippen LogP contribution in [0.25, 0.3) is 0 Å². The molecular formula is C8H12N4O2. The van der Waals surface area contributed by atoms with Gasteiger partial charge in [-0.1, -0.05) is 0 Å². The minimum atomic E-state index is -0.340. The number of nitrogens with two attached hydrogens (primary N) is 1. The van der Waals surface area contributed by atoms with Crippen molar-refractivity contribution in [3.05, 3.63) is 12.4 Å². The number of hydrogen-bond donors (Lipinski definition) is 2. The largest absolute Gasteiger partial charge is 0.465 e. The number of carbonyl (C=O) groups excluding carboxylic acids is 1. The zero-order valence-corrected chi connectivity index (χ0v) is 7.86. The molecule has 1 aromatic heterocycles. The number of nitrogens with one attached hydrogen (secondary N) is 1. The first-order chi connectivity index (χ1) is 6.72. The minimum absolute atomic E-state index is 0.0533. The number of ether oxygens (including phenoxy) is 1. The summed E-state index contributed by atoms with van der Waals surface area (Å²) in [6.45, 7) is 2.17. The summed E-state index contributed by atoms with van der Waals surface area (Å²) in [6, 6.07) is 0. The van der Waals surface area contributed by atoms with Crippen molar-refractivity contribution in [3.8, 4) is 0 Å². The molecule has 0 aromatic carbocycles. The van der Waals surface area contributed by atoms with Crippen LogP contribution in [0.2, 0.25) is 0 Å². The zero-order chi connectivity index (χ0) is 10.4. The van der Waals surface area contributed by atoms with Crippen molar-refractivity contribution >= 4 is 17.6 Å². The van der Waals surface area contributed by atoms with E-state index in [1.807, 2.05) is 0 Å². The maximum atomic E-state index is 10.9. The Hall–Kier alpha value is -1.85. The van der Waals surface area contributed by atoms with Crippen molar-refractivity contribution in [1.29, 1.82) is 0 Å². The van der Waals surface area contributed by atoms with Crippen molar-refractivity contribution in [3.63, 3.8) is 0 Å². The summed E-state index contributed by atoms with van der Waals surface area (Å²) in [7, 11) is 0. The molecule has 1 heterocycles. The lowest BCUT2D eigenvalue weighted by Gasteiger charge is -2.03. The van der Waals surface area contributed by atoms with Crippen molar-refractivity contribution in [2.75, 3.05) is 24.2 Å². The summed E-state index contributed by atoms with van der Waals surface area (Å²) in [5, 5.41) is 2.70. The van der Waals surface area contributed by atoms with Gasteiger partial charge in [0.15, 0.2) is 0 Å². The number of anilines is 2. The first-order valence-corrected chi connectivity index (χ1v) is 4.19. The highest BCUT2D eigenvalue weighted by Crippen LogP contribution is 1.99. The number of hydrogen-bond acceptors (Lipinski definition) is 6. The topological polar surface area (TPSA) is 90.1 Å². The van der Waals surface area contributed by atoms with E-state index in [-0.39, 0.29) is 12.5 Å². The third-order valence-electron chi connectivity index (χ3n) is 1.37. The second kappa shape index (κ2) is 5.00. The molecule has 0 saturated heterocycles. The number of esters is 1. The second-order valence-electron chi connectivity index (χ2n) is 2.50. The molecule has 0 spiro atoms. The Labute approximate surface area is 81.5 Å². The number of aromatic nitrogens is 2. The van der Waals surface area contributed by atoms with E-state index in [9.17, 15) is 4.79 Å². The summed E-state index contributed by atoms with van der Waals surface area (Å²) < 4.78 is 4.71. The quantitative estimate of drug-likeness (QED) is 0.660. The maximum absolute atomic E-state index is 10.9. The summed E-state index contributed by atoms with van der Waals surface area (Å²) >= 11 is 0. The molecule has 0 bridgehead atoms. The van der Waals surface area contributed by atoms with Crippen molar-refractivity contribution < 1.29 is 9.53 Å². The fraction of sp³-hybridized carbons (Fsp3) is 0.375. The van der Waals surface area contributed by atoms with E-state index in [1.54, 1.807) is 6.92 Å². The highest BCUT2D eigenvalue weighted by atomic mass is 16.5. The van der Waals surface area contributed by atoms with Gasteiger partial charge in [0.2, 0.25) is 5.95 Å². The zero-order valence-electron chi connectivity index (χ0n) is 7.86. The van der Waals surface area contributed by atoms with Gasteiger partial charge in [0.05, 0.1) is 24.7 Å². The van der Waals surface area contributed by atoms with Crippen LogP contribution >= 0.6 is 0 Å². The molecule has 0 unspecified atom stereocenters. The van der Waals surface area contributed by atoms with Gasteiger partial charge in [0.1, 0.15) is 6.54 Å². The molecule has 76 valence electrons. The Morgan fingerprint density at radius 3 is 2.79 bits per heavy atom. The molecule has 14 heavy (non-hydrogen) atoms. The molecule has 3 N–H and O–H groups in total. The Morgan fingerprint density at radius 1 is 1.57 bits per heavy atom. The van der Waals surface area contributed by atoms with E-state index in [2.05, 4.69) is 15.3 Å². The SMILES string of the molecule is CCOC(=O)CNc1ncc(N)cn1. The predicted molar refractivity (Wildman–Crippen MR) is 51.6 cm³/mol. The molecule has 1 rings (SSSR count). The lowest BCUT2D eigenvalue weighted by molar-refractivity contribution is -0.140. The van der Waals surface area contributed by atoms with E-state index >= 15 is 0 Å². The van der Waals surface area contributed by atoms with Gasteiger partial charge in [-0.3, -0.25) is 4.79 Å². The van der Waals surface area contributed by atoms with E-state index < -0.39 is 0 Å². The Kier molecular flexibility index (Phi) is 3.66. The third kappa shape index (κ3) is 3.26. The molecule has 0 atom stereocenters. The van der Waals surface area contributed by atoms with Crippen LogP contribution in [0.15, 0.2) is 12.4 Å². The molecule has 0 amide bonds. The van der Waals surface area contributed by atoms with Crippen LogP contribution in [0.3, 0.4) is 0 Å². The van der Waals surface area contributed by atoms with E-state index in [0.717, 1.165) is 0 Å². The Morgan fingerprint density at radius 2 is 2.21 bits per heavy atom. The van der Waals surface area contributed by atoms with Gasteiger partial charge in [-0.15, -0.1) is 0 Å². The molecule has 6 nitrogen and oxygen atoms in total. The molecule has 0 fully saturated rings. The fourth-order valence-electron chi connectivity index (χ4n) is 0.793. The van der Waals surface area contributed by atoms with Crippen LogP contribution in [0.1, 0.15) is 6.92 Å². The summed E-state index contributed by atoms with van der Waals surface area (Å²) in [5.41, 5.74) is 5.86. The number of nitrogens with zero attached hydrogens (tertiary/aromatic N) is 2. The lowest BCUT2D eigenvalue weighted by atomic mass is 10.5. The van der Waals surface area contributed by atoms with Gasteiger partial charge < -0.3 is 15.8 Å². The molecule has 0 aliphatic carbocycles. The summed E-state index contributed by atoms with van der Waals surface area (Å²) in [5.74, 6) is 0.0141. The van der Waals surface area contributed by atoms with Gasteiger partial charge in [0, 0.05) is 0 Å². The predicted octanol–water partition coefficient (Wildman–Crippen LogP) is 0.0338. The molecule has 0 aliphatic heterocycles. The molecule has 0 aliphatic rings. The van der Waals surface area contributed by atoms with Crippen LogP contribution in [-0.2, 0) is 9.53 Å². The lowest BCUT2D eigenvalue weighted by Crippen LogP contribution is -2.17. The minimum Gasteiger partial charge on any atom is -0.465 e. The van der Waals surface area contributed by atoms with Crippen molar-refractivity contribution in [1.82, 2.24) is 9.97 Å². The first kappa shape index (κ1) is 10.2. The monoisotopic (exact) mass is 196 g/mol. The van der Waals surface area contributed by atoms with E-state index in [1.165, 1.54) is 12.4 Å². The normalized spacial score (nSPS) is 9.50. The molecule has 0 radical (unpaired) electrons. The average molecular weight is 196 g/mol. The molecule has 1 aromatic rings. The number of carbonyl (C=O) groups is 1. The molecule has 0 saturated carbocycles. The van der Waals surface area contributed by atoms with Crippen molar-refractivity contribution in [2.45, 2.75) is 6.92 Å². The van der Waals surface area contributed by atoms with Crippen LogP contribution in [0, 0.1) is 0 Å². The third-order valence-corrected chi connectivity index (χ3v) is 1.37. The van der Waals surface area contributed by atoms with E-state index in [4.69, 9.17) is 10.5 Å². The molecular weight excluding hydrogens is 184 g/mol. The fourth-order valence-corrected chi connectivity index (χ4v) is 0.793. The first-order valence-electron chi connectivity index (χ1n) is 4.19. The summed E-state index contributed by atoms with van der Waals surface area (Å²) in [6.07, 6.45) is 2.92. The van der Waals surface area contributed by atoms with Gasteiger partial charge in [-0.05, 0) is 6.92 Å². The van der Waals surface area contributed by atoms with Crippen LogP contribution in [0.4, 0.5) is 11.6 Å². The van der Waals surface area contributed by atoms with Crippen molar-refractivity contribution in [2.24, 2.45) is 0 Å². The molecule has 6 heteroatoms. The van der Waals surface area contributed by atoms with Crippen LogP contribution in [-0.4, -0.2) is 29.1 Å². The standard InChI is InChI=1S/C8H12N4O2/c1-2-14-7(13)5-12-8-10-3-6(9)4-11-8/h3-4H,2,5,9H2,1H3,(H,10,11,12). The second-order valence-corrected chi connectivity index (χ2v) is 2.50. The number of nitrogen functional groups attached to an aromatic ring is 1. The number of rotatable bonds is 4.